The van der Waals surface area contributed by atoms with Gasteiger partial charge in [-0.2, -0.15) is 0 Å². The van der Waals surface area contributed by atoms with E-state index in [1.54, 1.807) is 6.92 Å². The largest absolute Gasteiger partial charge is 0.393 e. The van der Waals surface area contributed by atoms with Gasteiger partial charge in [-0.25, -0.2) is 4.98 Å². The fourth-order valence-electron chi connectivity index (χ4n) is 1.42. The molecule has 104 valence electrons. The third kappa shape index (κ3) is 3.88. The lowest BCUT2D eigenvalue weighted by Crippen LogP contribution is -2.30. The van der Waals surface area contributed by atoms with Crippen LogP contribution in [0, 0.1) is 10.1 Å². The minimum absolute atomic E-state index is 0.0118. The van der Waals surface area contributed by atoms with Crippen LogP contribution >= 0.6 is 0 Å². The maximum Gasteiger partial charge on any atom is 0.288 e. The van der Waals surface area contributed by atoms with Crippen molar-refractivity contribution in [2.45, 2.75) is 19.4 Å². The number of nitrogens with zero attached hydrogens (tertiary/aromatic N) is 3. The summed E-state index contributed by atoms with van der Waals surface area (Å²) in [5, 5.41) is 19.8. The monoisotopic (exact) mass is 268 g/mol. The van der Waals surface area contributed by atoms with Crippen LogP contribution in [0.4, 0.5) is 11.5 Å². The first-order valence-corrected chi connectivity index (χ1v) is 5.66. The highest BCUT2D eigenvalue weighted by atomic mass is 16.6. The molecule has 19 heavy (non-hydrogen) atoms. The van der Waals surface area contributed by atoms with Crippen LogP contribution in [0.15, 0.2) is 12.3 Å². The molecule has 8 heteroatoms. The molecule has 1 heterocycles. The topological polar surface area (TPSA) is 123 Å². The van der Waals surface area contributed by atoms with E-state index < -0.39 is 16.9 Å². The van der Waals surface area contributed by atoms with Gasteiger partial charge >= 0.3 is 0 Å². The maximum atomic E-state index is 12.1. The number of aromatic nitrogens is 1. The van der Waals surface area contributed by atoms with Crippen LogP contribution in [0.5, 0.6) is 0 Å². The standard InChI is InChI=1S/C11H16N4O4/c1-7(16)3-4-14(2)11(17)9-5-8(15(18)19)6-13-10(9)12/h5-7,16H,3-4H2,1-2H3,(H2,12,13). The Hall–Kier alpha value is -2.22. The van der Waals surface area contributed by atoms with Gasteiger partial charge in [0, 0.05) is 19.7 Å². The SMILES string of the molecule is CC(O)CCN(C)C(=O)c1cc([N+](=O)[O-])cnc1N. The minimum atomic E-state index is -0.640. The molecule has 0 bridgehead atoms. The number of amides is 1. The average molecular weight is 268 g/mol. The molecule has 0 saturated heterocycles. The predicted octanol–water partition coefficient (Wildman–Crippen LogP) is 0.415. The van der Waals surface area contributed by atoms with E-state index in [-0.39, 0.29) is 17.1 Å². The number of rotatable bonds is 5. The summed E-state index contributed by atoms with van der Waals surface area (Å²) < 4.78 is 0. The van der Waals surface area contributed by atoms with E-state index in [0.717, 1.165) is 12.3 Å². The first kappa shape index (κ1) is 14.8. The van der Waals surface area contributed by atoms with Crippen molar-refractivity contribution < 1.29 is 14.8 Å². The van der Waals surface area contributed by atoms with E-state index in [1.807, 2.05) is 0 Å². The Morgan fingerprint density at radius 2 is 2.32 bits per heavy atom. The van der Waals surface area contributed by atoms with Crippen molar-refractivity contribution in [1.82, 2.24) is 9.88 Å². The number of nitrogens with two attached hydrogens (primary N) is 1. The van der Waals surface area contributed by atoms with Crippen LogP contribution in [-0.2, 0) is 0 Å². The van der Waals surface area contributed by atoms with Crippen molar-refractivity contribution in [1.29, 1.82) is 0 Å². The van der Waals surface area contributed by atoms with Crippen molar-refractivity contribution in [3.8, 4) is 0 Å². The molecule has 1 aromatic rings. The lowest BCUT2D eigenvalue weighted by atomic mass is 10.2. The number of aliphatic hydroxyl groups is 1. The number of aliphatic hydroxyl groups excluding tert-OH is 1. The highest BCUT2D eigenvalue weighted by molar-refractivity contribution is 5.98. The number of carbonyl (C=O) groups is 1. The Morgan fingerprint density at radius 1 is 1.68 bits per heavy atom. The van der Waals surface area contributed by atoms with Crippen molar-refractivity contribution in [2.75, 3.05) is 19.3 Å². The van der Waals surface area contributed by atoms with Gasteiger partial charge in [0.1, 0.15) is 12.0 Å². The molecule has 0 radical (unpaired) electrons. The third-order valence-corrected chi connectivity index (χ3v) is 2.57. The van der Waals surface area contributed by atoms with Crippen LogP contribution in [0.25, 0.3) is 0 Å². The highest BCUT2D eigenvalue weighted by Crippen LogP contribution is 2.18. The molecule has 1 atom stereocenters. The van der Waals surface area contributed by atoms with Crippen LogP contribution in [0.2, 0.25) is 0 Å². The summed E-state index contributed by atoms with van der Waals surface area (Å²) in [6, 6.07) is 1.10. The Kier molecular flexibility index (Phi) is 4.76. The second kappa shape index (κ2) is 6.10. The molecular weight excluding hydrogens is 252 g/mol. The first-order valence-electron chi connectivity index (χ1n) is 5.66. The zero-order chi connectivity index (χ0) is 14.6. The molecule has 1 unspecified atom stereocenters. The van der Waals surface area contributed by atoms with Gasteiger partial charge in [-0.05, 0) is 13.3 Å². The molecule has 0 fully saturated rings. The van der Waals surface area contributed by atoms with E-state index in [9.17, 15) is 14.9 Å². The van der Waals surface area contributed by atoms with Gasteiger partial charge in [-0.3, -0.25) is 14.9 Å². The lowest BCUT2D eigenvalue weighted by Gasteiger charge is -2.18. The summed E-state index contributed by atoms with van der Waals surface area (Å²) in [5.41, 5.74) is 5.25. The predicted molar refractivity (Wildman–Crippen MR) is 68.6 cm³/mol. The second-order valence-electron chi connectivity index (χ2n) is 4.25. The smallest absolute Gasteiger partial charge is 0.288 e. The number of anilines is 1. The Morgan fingerprint density at radius 3 is 2.84 bits per heavy atom. The number of nitro groups is 1. The Balaban J connectivity index is 2.92. The highest BCUT2D eigenvalue weighted by Gasteiger charge is 2.19. The third-order valence-electron chi connectivity index (χ3n) is 2.57. The van der Waals surface area contributed by atoms with Gasteiger partial charge in [-0.15, -0.1) is 0 Å². The molecule has 0 aliphatic rings. The fraction of sp³-hybridized carbons (Fsp3) is 0.455. The molecule has 1 amide bonds. The number of hydrogen-bond donors (Lipinski definition) is 2. The van der Waals surface area contributed by atoms with Crippen LogP contribution < -0.4 is 5.73 Å². The summed E-state index contributed by atoms with van der Waals surface area (Å²) >= 11 is 0. The number of carbonyl (C=O) groups excluding carboxylic acids is 1. The Bertz CT molecular complexity index is 490. The molecule has 0 aliphatic carbocycles. The molecule has 8 nitrogen and oxygen atoms in total. The molecule has 0 saturated carbocycles. The lowest BCUT2D eigenvalue weighted by molar-refractivity contribution is -0.385. The maximum absolute atomic E-state index is 12.1. The van der Waals surface area contributed by atoms with Gasteiger partial charge in [0.2, 0.25) is 0 Å². The minimum Gasteiger partial charge on any atom is -0.393 e. The van der Waals surface area contributed by atoms with Crippen molar-refractivity contribution in [2.24, 2.45) is 0 Å². The summed E-state index contributed by atoms with van der Waals surface area (Å²) in [5.74, 6) is -0.520. The number of pyridine rings is 1. The van der Waals surface area contributed by atoms with Gasteiger partial charge < -0.3 is 15.7 Å². The molecule has 3 N–H and O–H groups in total. The van der Waals surface area contributed by atoms with E-state index in [2.05, 4.69) is 4.98 Å². The van der Waals surface area contributed by atoms with E-state index in [4.69, 9.17) is 10.8 Å². The number of hydrogen-bond acceptors (Lipinski definition) is 6. The Labute approximate surface area is 110 Å². The van der Waals surface area contributed by atoms with Crippen molar-refractivity contribution >= 4 is 17.4 Å². The van der Waals surface area contributed by atoms with Gasteiger partial charge in [0.15, 0.2) is 0 Å². The molecule has 0 aromatic carbocycles. The summed E-state index contributed by atoms with van der Waals surface area (Å²) in [6.07, 6.45) is 0.877. The summed E-state index contributed by atoms with van der Waals surface area (Å²) in [4.78, 5) is 27.0. The van der Waals surface area contributed by atoms with Crippen LogP contribution in [0.3, 0.4) is 0 Å². The van der Waals surface area contributed by atoms with Gasteiger partial charge in [-0.1, -0.05) is 0 Å². The van der Waals surface area contributed by atoms with E-state index >= 15 is 0 Å². The summed E-state index contributed by atoms with van der Waals surface area (Å²) in [7, 11) is 1.53. The molecular formula is C11H16N4O4. The second-order valence-corrected chi connectivity index (χ2v) is 4.25. The van der Waals surface area contributed by atoms with Gasteiger partial charge in [0.05, 0.1) is 16.6 Å². The molecule has 0 aliphatic heterocycles. The normalized spacial score (nSPS) is 11.9. The zero-order valence-corrected chi connectivity index (χ0v) is 10.7. The fourth-order valence-corrected chi connectivity index (χ4v) is 1.42. The molecule has 0 spiro atoms. The van der Waals surface area contributed by atoms with E-state index in [1.165, 1.54) is 11.9 Å². The molecule has 1 rings (SSSR count). The van der Waals surface area contributed by atoms with Crippen LogP contribution in [0.1, 0.15) is 23.7 Å². The zero-order valence-electron chi connectivity index (χ0n) is 10.7. The van der Waals surface area contributed by atoms with Crippen LogP contribution in [-0.4, -0.2) is 45.5 Å². The first-order chi connectivity index (χ1) is 8.82. The number of nitrogen functional groups attached to an aromatic ring is 1. The van der Waals surface area contributed by atoms with Crippen molar-refractivity contribution in [3.63, 3.8) is 0 Å². The quantitative estimate of drug-likeness (QED) is 0.589. The van der Waals surface area contributed by atoms with E-state index in [0.29, 0.717) is 13.0 Å². The van der Waals surface area contributed by atoms with Gasteiger partial charge in [0.25, 0.3) is 11.6 Å². The average Bonchev–Trinajstić information content (AvgIpc) is 2.35. The summed E-state index contributed by atoms with van der Waals surface area (Å²) in [6.45, 7) is 1.93. The molecule has 1 aromatic heterocycles. The van der Waals surface area contributed by atoms with Crippen molar-refractivity contribution in [3.05, 3.63) is 27.9 Å².